The van der Waals surface area contributed by atoms with Crippen molar-refractivity contribution in [2.75, 3.05) is 5.75 Å². The lowest BCUT2D eigenvalue weighted by molar-refractivity contribution is 0.102. The molecule has 1 N–H and O–H groups in total. The van der Waals surface area contributed by atoms with E-state index in [4.69, 9.17) is 4.34 Å². The van der Waals surface area contributed by atoms with Gasteiger partial charge in [0.2, 0.25) is 8.32 Å². The lowest BCUT2D eigenvalue weighted by Crippen LogP contribution is -2.46. The van der Waals surface area contributed by atoms with Crippen molar-refractivity contribution < 1.29 is 18.6 Å². The molecule has 2 aromatic carbocycles. The predicted octanol–water partition coefficient (Wildman–Crippen LogP) is 1.93. The third-order valence-electron chi connectivity index (χ3n) is 3.87. The second-order valence-corrected chi connectivity index (χ2v) is 10.7. The molecule has 0 fully saturated rings. The highest BCUT2D eigenvalue weighted by atomic mass is 32.2. The third-order valence-corrected chi connectivity index (χ3v) is 7.43. The number of ketones is 1. The zero-order valence-electron chi connectivity index (χ0n) is 12.9. The summed E-state index contributed by atoms with van der Waals surface area (Å²) in [5.74, 6) is -0.227. The Bertz CT molecular complexity index is 754. The number of halogens is 1. The van der Waals surface area contributed by atoms with Gasteiger partial charge in [0, 0.05) is 15.6 Å². The lowest BCUT2D eigenvalue weighted by atomic mass is 9.80. The van der Waals surface area contributed by atoms with Crippen LogP contribution in [0.4, 0.5) is 4.39 Å². The molecule has 1 aliphatic rings. The van der Waals surface area contributed by atoms with Crippen molar-refractivity contribution in [1.82, 2.24) is 0 Å². The number of carbonyl (C=O) groups is 1. The fourth-order valence-corrected chi connectivity index (χ4v) is 6.06. The molecule has 0 amide bonds. The van der Waals surface area contributed by atoms with E-state index in [0.717, 1.165) is 0 Å². The van der Waals surface area contributed by atoms with E-state index < -0.39 is 15.4 Å². The van der Waals surface area contributed by atoms with Gasteiger partial charge in [0.25, 0.3) is 0 Å². The smallest absolute Gasteiger partial charge is 0.446 e. The fraction of sp³-hybridized carbons (Fsp3) is 0.188. The molecule has 0 radical (unpaired) electrons. The highest BCUT2D eigenvalue weighted by molar-refractivity contribution is 8.00. The van der Waals surface area contributed by atoms with Crippen LogP contribution in [0.25, 0.3) is 0 Å². The minimum absolute atomic E-state index is 0.0386. The summed E-state index contributed by atoms with van der Waals surface area (Å²) < 4.78 is 20.3. The average Bonchev–Trinajstić information content (AvgIpc) is 2.77. The molecule has 3 nitrogen and oxygen atoms in total. The summed E-state index contributed by atoms with van der Waals surface area (Å²) in [6.45, 7) is 3.71. The van der Waals surface area contributed by atoms with Crippen LogP contribution in [0.2, 0.25) is 13.1 Å². The summed E-state index contributed by atoms with van der Waals surface area (Å²) in [7, 11) is -3.49. The van der Waals surface area contributed by atoms with E-state index in [9.17, 15) is 14.2 Å². The molecule has 1 heterocycles. The predicted molar refractivity (Wildman–Crippen MR) is 93.7 cm³/mol. The second-order valence-electron chi connectivity index (χ2n) is 5.90. The molecule has 2 aromatic rings. The molecule has 0 saturated carbocycles. The molecule has 0 aromatic heterocycles. The molecule has 3 rings (SSSR count). The monoisotopic (exact) mass is 346 g/mol. The summed E-state index contributed by atoms with van der Waals surface area (Å²) in [5, 5.41) is 10.4. The Morgan fingerprint density at radius 2 is 1.96 bits per heavy atom. The maximum absolute atomic E-state index is 14.8. The average molecular weight is 346 g/mol. The van der Waals surface area contributed by atoms with Crippen LogP contribution in [0.15, 0.2) is 47.4 Å². The van der Waals surface area contributed by atoms with Crippen LogP contribution in [0, 0.1) is 5.82 Å². The van der Waals surface area contributed by atoms with Crippen molar-refractivity contribution in [3.63, 3.8) is 0 Å². The summed E-state index contributed by atoms with van der Waals surface area (Å²) in [6.07, 6.45) is 0. The summed E-state index contributed by atoms with van der Waals surface area (Å²) in [4.78, 5) is 12.6. The maximum atomic E-state index is 14.8. The van der Waals surface area contributed by atoms with Crippen LogP contribution in [0.3, 0.4) is 0 Å². The molecule has 0 spiro atoms. The number of fused-ring (bicyclic) bond motifs is 1. The van der Waals surface area contributed by atoms with Crippen LogP contribution in [-0.4, -0.2) is 32.0 Å². The van der Waals surface area contributed by atoms with Crippen molar-refractivity contribution in [2.24, 2.45) is 0 Å². The Hall–Kier alpha value is -1.41. The van der Waals surface area contributed by atoms with E-state index >= 15 is 0 Å². The van der Waals surface area contributed by atoms with E-state index in [-0.39, 0.29) is 17.4 Å². The van der Waals surface area contributed by atoms with Crippen molar-refractivity contribution >= 4 is 43.6 Å². The molecular formula is C16H16BFO3SSi. The van der Waals surface area contributed by atoms with Gasteiger partial charge in [-0.25, -0.2) is 4.39 Å². The molecule has 0 aliphatic carbocycles. The van der Waals surface area contributed by atoms with Gasteiger partial charge >= 0.3 is 7.12 Å². The van der Waals surface area contributed by atoms with Gasteiger partial charge in [0.15, 0.2) is 5.78 Å². The van der Waals surface area contributed by atoms with E-state index in [1.807, 2.05) is 19.2 Å². The number of thioether (sulfide) groups is 1. The molecule has 0 unspecified atom stereocenters. The first-order chi connectivity index (χ1) is 10.9. The van der Waals surface area contributed by atoms with Crippen molar-refractivity contribution in [1.29, 1.82) is 0 Å². The quantitative estimate of drug-likeness (QED) is 0.522. The van der Waals surface area contributed by atoms with Gasteiger partial charge in [-0.2, -0.15) is 0 Å². The Kier molecular flexibility index (Phi) is 4.46. The van der Waals surface area contributed by atoms with Gasteiger partial charge in [-0.15, -0.1) is 11.8 Å². The molecule has 0 bridgehead atoms. The molecule has 0 atom stereocenters. The Morgan fingerprint density at radius 1 is 1.26 bits per heavy atom. The van der Waals surface area contributed by atoms with Crippen molar-refractivity contribution in [2.45, 2.75) is 18.0 Å². The SMILES string of the molecule is C[Si]1(C)OB(O)c2ccc(SCC(=O)c3ccccc3)c(F)c21. The van der Waals surface area contributed by atoms with Gasteiger partial charge in [0.1, 0.15) is 5.82 Å². The molecule has 1 aliphatic heterocycles. The minimum Gasteiger partial charge on any atom is -0.446 e. The largest absolute Gasteiger partial charge is 0.480 e. The second kappa shape index (κ2) is 6.24. The van der Waals surface area contributed by atoms with Gasteiger partial charge < -0.3 is 9.37 Å². The highest BCUT2D eigenvalue weighted by Gasteiger charge is 2.45. The van der Waals surface area contributed by atoms with E-state index in [1.54, 1.807) is 36.4 Å². The Morgan fingerprint density at radius 3 is 2.65 bits per heavy atom. The summed E-state index contributed by atoms with van der Waals surface area (Å²) in [5.41, 5.74) is 1.13. The topological polar surface area (TPSA) is 46.5 Å². The minimum atomic E-state index is -2.44. The molecular weight excluding hydrogens is 330 g/mol. The summed E-state index contributed by atoms with van der Waals surface area (Å²) in [6, 6.07) is 12.3. The summed E-state index contributed by atoms with van der Waals surface area (Å²) >= 11 is 1.18. The Labute approximate surface area is 140 Å². The number of hydrogen-bond acceptors (Lipinski definition) is 4. The van der Waals surface area contributed by atoms with E-state index in [2.05, 4.69) is 0 Å². The van der Waals surface area contributed by atoms with Crippen LogP contribution < -0.4 is 10.6 Å². The zero-order valence-corrected chi connectivity index (χ0v) is 14.7. The molecule has 7 heteroatoms. The lowest BCUT2D eigenvalue weighted by Gasteiger charge is -2.18. The number of rotatable bonds is 4. The third kappa shape index (κ3) is 3.14. The number of hydrogen-bond donors (Lipinski definition) is 1. The Balaban J connectivity index is 1.82. The van der Waals surface area contributed by atoms with Crippen LogP contribution in [0.1, 0.15) is 10.4 Å². The van der Waals surface area contributed by atoms with Crippen molar-refractivity contribution in [3.05, 3.63) is 53.8 Å². The van der Waals surface area contributed by atoms with Crippen LogP contribution in [0.5, 0.6) is 0 Å². The normalized spacial score (nSPS) is 15.6. The van der Waals surface area contributed by atoms with Crippen molar-refractivity contribution in [3.8, 4) is 0 Å². The van der Waals surface area contributed by atoms with E-state index in [1.165, 1.54) is 11.8 Å². The molecule has 118 valence electrons. The van der Waals surface area contributed by atoms with Gasteiger partial charge in [0.05, 0.1) is 5.75 Å². The van der Waals surface area contributed by atoms with Crippen LogP contribution >= 0.6 is 11.8 Å². The first-order valence-corrected chi connectivity index (χ1v) is 11.2. The zero-order chi connectivity index (χ0) is 16.6. The molecule has 23 heavy (non-hydrogen) atoms. The standard InChI is InChI=1S/C16H16BFO3SSi/c1-23(2)16-12(17(20)21-23)8-9-14(15(16)18)22-10-13(19)11-6-4-3-5-7-11/h3-9,20H,10H2,1-2H3. The molecule has 0 saturated heterocycles. The first-order valence-electron chi connectivity index (χ1n) is 7.30. The fourth-order valence-electron chi connectivity index (χ4n) is 2.75. The van der Waals surface area contributed by atoms with Gasteiger partial charge in [-0.1, -0.05) is 36.4 Å². The van der Waals surface area contributed by atoms with Gasteiger partial charge in [-0.3, -0.25) is 4.79 Å². The number of benzene rings is 2. The van der Waals surface area contributed by atoms with Crippen LogP contribution in [-0.2, 0) is 4.34 Å². The van der Waals surface area contributed by atoms with E-state index in [0.29, 0.717) is 21.1 Å². The first kappa shape index (κ1) is 16.4. The number of Topliss-reactive ketones (excluding diaryl/α,β-unsaturated/α-hetero) is 1. The van der Waals surface area contributed by atoms with Gasteiger partial charge in [-0.05, 0) is 24.6 Å². The number of carbonyl (C=O) groups excluding carboxylic acids is 1. The maximum Gasteiger partial charge on any atom is 0.480 e. The highest BCUT2D eigenvalue weighted by Crippen LogP contribution is 2.25.